The maximum Gasteiger partial charge on any atom is 0.210 e. The topological polar surface area (TPSA) is 107 Å². The van der Waals surface area contributed by atoms with E-state index in [4.69, 9.17) is 24.5 Å². The van der Waals surface area contributed by atoms with Crippen molar-refractivity contribution in [3.05, 3.63) is 65.6 Å². The molecule has 2 N–H and O–H groups in total. The summed E-state index contributed by atoms with van der Waals surface area (Å²) < 4.78 is 38.1. The Hall–Kier alpha value is -2.07. The van der Waals surface area contributed by atoms with E-state index in [9.17, 15) is 4.53 Å². The fourth-order valence-corrected chi connectivity index (χ4v) is 3.80. The molecule has 1 saturated heterocycles. The van der Waals surface area contributed by atoms with Gasteiger partial charge in [0.1, 0.15) is 23.7 Å². The van der Waals surface area contributed by atoms with Crippen molar-refractivity contribution in [3.8, 4) is 17.6 Å². The number of nitrogens with two attached hydrogens (primary N) is 1. The molecular formula is C26H33FIN4O5P. The Bertz CT molecular complexity index is 1170. The van der Waals surface area contributed by atoms with Gasteiger partial charge >= 0.3 is 0 Å². The van der Waals surface area contributed by atoms with Crippen LogP contribution in [0.25, 0.3) is 0 Å². The van der Waals surface area contributed by atoms with E-state index in [1.165, 1.54) is 0 Å². The molecule has 0 bridgehead atoms. The molecule has 2 aromatic heterocycles. The number of aromatic nitrogens is 3. The molecule has 1 fully saturated rings. The van der Waals surface area contributed by atoms with Gasteiger partial charge in [0.05, 0.1) is 25.9 Å². The van der Waals surface area contributed by atoms with Crippen LogP contribution in [0.3, 0.4) is 0 Å². The van der Waals surface area contributed by atoms with E-state index in [1.54, 1.807) is 28.2 Å². The molecule has 9 nitrogen and oxygen atoms in total. The van der Waals surface area contributed by atoms with Crippen LogP contribution in [0.4, 0.5) is 4.53 Å². The molecule has 0 radical (unpaired) electrons. The Morgan fingerprint density at radius 2 is 1.97 bits per heavy atom. The molecule has 1 aliphatic heterocycles. The standard InChI is InChI=1S/C26H32N4O4.FHIOP/c1-4-25-28-13-14-30(25)24(11-12-27)23-15-22(34-29-23)10-7-19-5-8-21(9-6-19)31-16-20-17-32-26(2,3)33-18-20;1-3-4-2/h5-6,8-9,13-15,20,24H,4,11-12,16-18,27H2,1-3H3;4H. The number of nitrogens with zero attached hydrogens (tertiary/aromatic N) is 3. The second-order valence-electron chi connectivity index (χ2n) is 8.94. The van der Waals surface area contributed by atoms with Gasteiger partial charge in [-0.15, -0.1) is 0 Å². The molecule has 3 aromatic rings. The van der Waals surface area contributed by atoms with Gasteiger partial charge in [-0.1, -0.05) is 18.0 Å². The third-order valence-electron chi connectivity index (χ3n) is 5.74. The van der Waals surface area contributed by atoms with Crippen LogP contribution in [0.1, 0.15) is 56.1 Å². The number of hydrogen-bond acceptors (Lipinski definition) is 8. The lowest BCUT2D eigenvalue weighted by molar-refractivity contribution is -0.264. The minimum atomic E-state index is -0.510. The summed E-state index contributed by atoms with van der Waals surface area (Å²) in [4.78, 5) is 4.41. The van der Waals surface area contributed by atoms with E-state index in [1.807, 2.05) is 50.4 Å². The van der Waals surface area contributed by atoms with Crippen molar-refractivity contribution in [3.63, 3.8) is 0 Å². The average molecular weight is 658 g/mol. The summed E-state index contributed by atoms with van der Waals surface area (Å²) in [6.07, 6.45) is 5.33. The van der Waals surface area contributed by atoms with Crippen LogP contribution < -0.4 is 10.5 Å². The fourth-order valence-electron chi connectivity index (χ4n) is 3.80. The van der Waals surface area contributed by atoms with Crippen LogP contribution in [0.2, 0.25) is 0 Å². The van der Waals surface area contributed by atoms with Gasteiger partial charge in [-0.3, -0.25) is 0 Å². The molecule has 38 heavy (non-hydrogen) atoms. The van der Waals surface area contributed by atoms with Gasteiger partial charge in [-0.05, 0) is 83.6 Å². The molecule has 12 heteroatoms. The van der Waals surface area contributed by atoms with Gasteiger partial charge in [0.2, 0.25) is 5.76 Å². The monoisotopic (exact) mass is 658 g/mol. The molecule has 2 atom stereocenters. The number of ether oxygens (including phenoxy) is 3. The first-order chi connectivity index (χ1) is 18.4. The van der Waals surface area contributed by atoms with Gasteiger partial charge in [0.15, 0.2) is 5.79 Å². The SMILES string of the molecule is CCc1nccn1C(CCN)c1cc(C#Cc2ccc(OCC3COC(C)(C)OC3)cc2)on1.FOPI. The highest BCUT2D eigenvalue weighted by atomic mass is 127. The van der Waals surface area contributed by atoms with Crippen LogP contribution in [0.15, 0.2) is 47.2 Å². The zero-order valence-electron chi connectivity index (χ0n) is 21.7. The lowest BCUT2D eigenvalue weighted by Gasteiger charge is -2.34. The van der Waals surface area contributed by atoms with E-state index in [0.717, 1.165) is 35.7 Å². The Morgan fingerprint density at radius 3 is 2.61 bits per heavy atom. The van der Waals surface area contributed by atoms with Crippen LogP contribution in [-0.4, -0.2) is 46.9 Å². The van der Waals surface area contributed by atoms with Gasteiger partial charge in [0, 0.05) is 36.4 Å². The first kappa shape index (κ1) is 30.5. The predicted octanol–water partition coefficient (Wildman–Crippen LogP) is 5.38. The van der Waals surface area contributed by atoms with Crippen molar-refractivity contribution in [2.45, 2.75) is 45.4 Å². The normalized spacial score (nSPS) is 15.9. The van der Waals surface area contributed by atoms with E-state index < -0.39 is 5.79 Å². The lowest BCUT2D eigenvalue weighted by Crippen LogP contribution is -2.41. The molecule has 0 saturated carbocycles. The van der Waals surface area contributed by atoms with E-state index >= 15 is 0 Å². The van der Waals surface area contributed by atoms with Crippen molar-refractivity contribution >= 4 is 28.5 Å². The number of halogens is 2. The number of imidazole rings is 1. The number of rotatable bonds is 9. The van der Waals surface area contributed by atoms with Gasteiger partial charge < -0.3 is 29.0 Å². The molecule has 1 aliphatic rings. The van der Waals surface area contributed by atoms with Crippen molar-refractivity contribution in [1.82, 2.24) is 14.7 Å². The molecule has 1 aromatic carbocycles. The molecule has 0 spiro atoms. The van der Waals surface area contributed by atoms with Crippen LogP contribution in [0.5, 0.6) is 5.75 Å². The van der Waals surface area contributed by atoms with E-state index in [0.29, 0.717) is 32.1 Å². The third kappa shape index (κ3) is 9.29. The number of benzene rings is 1. The summed E-state index contributed by atoms with van der Waals surface area (Å²) in [5.41, 5.74) is 7.51. The highest BCUT2D eigenvalue weighted by Gasteiger charge is 2.28. The van der Waals surface area contributed by atoms with Crippen LogP contribution in [-0.2, 0) is 20.6 Å². The molecule has 0 aliphatic carbocycles. The smallest absolute Gasteiger partial charge is 0.210 e. The largest absolute Gasteiger partial charge is 0.493 e. The van der Waals surface area contributed by atoms with E-state index in [2.05, 4.69) is 38.2 Å². The molecular weight excluding hydrogens is 625 g/mol. The number of aryl methyl sites for hydroxylation is 1. The van der Waals surface area contributed by atoms with Crippen molar-refractivity contribution < 1.29 is 28.0 Å². The zero-order chi connectivity index (χ0) is 27.4. The molecule has 0 amide bonds. The second-order valence-corrected chi connectivity index (χ2v) is 10.6. The highest BCUT2D eigenvalue weighted by Crippen LogP contribution is 2.24. The average Bonchev–Trinajstić information content (AvgIpc) is 3.60. The quantitative estimate of drug-likeness (QED) is 0.186. The lowest BCUT2D eigenvalue weighted by atomic mass is 10.1. The minimum absolute atomic E-state index is 0.0239. The number of hydrogen-bond donors (Lipinski definition) is 1. The van der Waals surface area contributed by atoms with Gasteiger partial charge in [-0.2, -0.15) is 4.73 Å². The van der Waals surface area contributed by atoms with Crippen molar-refractivity contribution in [2.24, 2.45) is 11.7 Å². The summed E-state index contributed by atoms with van der Waals surface area (Å²) in [5, 5.41) is 4.25. The summed E-state index contributed by atoms with van der Waals surface area (Å²) >= 11 is 1.78. The van der Waals surface area contributed by atoms with Crippen molar-refractivity contribution in [2.75, 3.05) is 26.4 Å². The van der Waals surface area contributed by atoms with Crippen LogP contribution >= 0.6 is 28.5 Å². The maximum atomic E-state index is 10.2. The molecule has 206 valence electrons. The Kier molecular flexibility index (Phi) is 12.4. The summed E-state index contributed by atoms with van der Waals surface area (Å²) in [5.74, 6) is 8.17. The molecule has 2 unspecified atom stereocenters. The minimum Gasteiger partial charge on any atom is -0.493 e. The zero-order valence-corrected chi connectivity index (χ0v) is 24.8. The summed E-state index contributed by atoms with van der Waals surface area (Å²) in [6, 6.07) is 9.52. The van der Waals surface area contributed by atoms with Gasteiger partial charge in [0.25, 0.3) is 0 Å². The summed E-state index contributed by atoms with van der Waals surface area (Å²) in [7, 11) is 0. The molecule has 4 rings (SSSR count). The Morgan fingerprint density at radius 1 is 1.26 bits per heavy atom. The Balaban J connectivity index is 0.000000934. The fraction of sp³-hybridized carbons (Fsp3) is 0.462. The molecule has 3 heterocycles. The second kappa shape index (κ2) is 15.5. The Labute approximate surface area is 237 Å². The third-order valence-corrected chi connectivity index (χ3v) is 6.30. The highest BCUT2D eigenvalue weighted by molar-refractivity contribution is 14.2. The first-order valence-corrected chi connectivity index (χ1v) is 16.3. The van der Waals surface area contributed by atoms with Crippen LogP contribution in [0, 0.1) is 17.8 Å². The first-order valence-electron chi connectivity index (χ1n) is 12.2. The van der Waals surface area contributed by atoms with Crippen molar-refractivity contribution in [1.29, 1.82) is 0 Å². The predicted molar refractivity (Wildman–Crippen MR) is 152 cm³/mol. The van der Waals surface area contributed by atoms with Gasteiger partial charge in [-0.25, -0.2) is 4.98 Å². The maximum absolute atomic E-state index is 10.2. The summed E-state index contributed by atoms with van der Waals surface area (Å²) in [6.45, 7) is 8.20. The van der Waals surface area contributed by atoms with E-state index in [-0.39, 0.29) is 18.4 Å².